The van der Waals surface area contributed by atoms with E-state index in [1.165, 1.54) is 11.0 Å². The number of carbonyl (C=O) groups is 2. The number of hydrogen-bond donors (Lipinski definition) is 1. The number of carbonyl (C=O) groups excluding carboxylic acids is 2. The summed E-state index contributed by atoms with van der Waals surface area (Å²) in [6.07, 6.45) is 6.26. The van der Waals surface area contributed by atoms with Gasteiger partial charge in [0.2, 0.25) is 11.8 Å². The second-order valence-electron chi connectivity index (χ2n) is 6.28. The average Bonchev–Trinajstić information content (AvgIpc) is 3.23. The number of nitrogens with zero attached hydrogens (tertiary/aromatic N) is 3. The van der Waals surface area contributed by atoms with Crippen molar-refractivity contribution in [3.8, 4) is 0 Å². The highest BCUT2D eigenvalue weighted by Crippen LogP contribution is 2.26. The number of anilines is 1. The average molecular weight is 344 g/mol. The lowest BCUT2D eigenvalue weighted by molar-refractivity contribution is -0.126. The minimum Gasteiger partial charge on any atom is -0.356 e. The first kappa shape index (κ1) is 17.1. The molecule has 3 rings (SSSR count). The van der Waals surface area contributed by atoms with Crippen LogP contribution in [0.15, 0.2) is 36.9 Å². The first-order chi connectivity index (χ1) is 12.0. The molecule has 1 fully saturated rings. The van der Waals surface area contributed by atoms with Crippen LogP contribution in [0.25, 0.3) is 0 Å². The molecule has 1 N–H and O–H groups in total. The maximum Gasteiger partial charge on any atom is 0.227 e. The number of nitrogens with one attached hydrogen (secondary N) is 1. The Hall–Kier alpha value is -2.70. The van der Waals surface area contributed by atoms with Gasteiger partial charge in [0.25, 0.3) is 0 Å². The number of amides is 2. The van der Waals surface area contributed by atoms with Crippen molar-refractivity contribution in [1.82, 2.24) is 14.9 Å². The van der Waals surface area contributed by atoms with Gasteiger partial charge in [-0.3, -0.25) is 9.59 Å². The van der Waals surface area contributed by atoms with E-state index in [0.29, 0.717) is 17.8 Å². The van der Waals surface area contributed by atoms with Crippen molar-refractivity contribution in [1.29, 1.82) is 0 Å². The SMILES string of the molecule is Cc1ccc(N2CC(C(=O)NCCCn3ccnc3)CC2=O)cc1F. The number of hydrogen-bond acceptors (Lipinski definition) is 3. The molecule has 0 bridgehead atoms. The number of imidazole rings is 1. The summed E-state index contributed by atoms with van der Waals surface area (Å²) in [4.78, 5) is 29.9. The highest BCUT2D eigenvalue weighted by Gasteiger charge is 2.35. The van der Waals surface area contributed by atoms with Gasteiger partial charge in [-0.15, -0.1) is 0 Å². The van der Waals surface area contributed by atoms with E-state index in [1.54, 1.807) is 31.6 Å². The van der Waals surface area contributed by atoms with E-state index in [9.17, 15) is 14.0 Å². The van der Waals surface area contributed by atoms with E-state index >= 15 is 0 Å². The van der Waals surface area contributed by atoms with E-state index in [2.05, 4.69) is 10.3 Å². The number of aromatic nitrogens is 2. The molecular formula is C18H21FN4O2. The van der Waals surface area contributed by atoms with E-state index in [0.717, 1.165) is 13.0 Å². The first-order valence-electron chi connectivity index (χ1n) is 8.34. The molecule has 1 unspecified atom stereocenters. The van der Waals surface area contributed by atoms with Gasteiger partial charge in [-0.05, 0) is 31.0 Å². The summed E-state index contributed by atoms with van der Waals surface area (Å²) in [5.41, 5.74) is 1.03. The molecule has 2 aromatic rings. The molecule has 1 atom stereocenters. The van der Waals surface area contributed by atoms with Gasteiger partial charge in [0.05, 0.1) is 12.2 Å². The van der Waals surface area contributed by atoms with E-state index in [1.807, 2.05) is 10.8 Å². The van der Waals surface area contributed by atoms with E-state index in [-0.39, 0.29) is 30.6 Å². The molecule has 0 radical (unpaired) electrons. The van der Waals surface area contributed by atoms with Crippen molar-refractivity contribution in [3.05, 3.63) is 48.3 Å². The highest BCUT2D eigenvalue weighted by atomic mass is 19.1. The molecule has 1 aliphatic rings. The van der Waals surface area contributed by atoms with Crippen molar-refractivity contribution in [2.45, 2.75) is 26.3 Å². The summed E-state index contributed by atoms with van der Waals surface area (Å²) in [7, 11) is 0. The van der Waals surface area contributed by atoms with Gasteiger partial charge in [0.1, 0.15) is 5.82 Å². The van der Waals surface area contributed by atoms with Gasteiger partial charge < -0.3 is 14.8 Å². The van der Waals surface area contributed by atoms with Crippen molar-refractivity contribution >= 4 is 17.5 Å². The maximum atomic E-state index is 13.7. The molecule has 6 nitrogen and oxygen atoms in total. The Labute approximate surface area is 145 Å². The van der Waals surface area contributed by atoms with Crippen LogP contribution < -0.4 is 10.2 Å². The lowest BCUT2D eigenvalue weighted by Crippen LogP contribution is -2.33. The fourth-order valence-electron chi connectivity index (χ4n) is 2.92. The molecule has 1 aromatic carbocycles. The summed E-state index contributed by atoms with van der Waals surface area (Å²) < 4.78 is 15.7. The summed E-state index contributed by atoms with van der Waals surface area (Å²) in [6, 6.07) is 4.70. The van der Waals surface area contributed by atoms with Crippen LogP contribution in [0.1, 0.15) is 18.4 Å². The van der Waals surface area contributed by atoms with E-state index in [4.69, 9.17) is 0 Å². The molecule has 2 heterocycles. The monoisotopic (exact) mass is 344 g/mol. The third-order valence-electron chi connectivity index (χ3n) is 4.41. The minimum atomic E-state index is -0.398. The molecule has 25 heavy (non-hydrogen) atoms. The summed E-state index contributed by atoms with van der Waals surface area (Å²) >= 11 is 0. The third kappa shape index (κ3) is 4.04. The zero-order valence-corrected chi connectivity index (χ0v) is 14.1. The van der Waals surface area contributed by atoms with Gasteiger partial charge in [-0.2, -0.15) is 0 Å². The second-order valence-corrected chi connectivity index (χ2v) is 6.28. The molecular weight excluding hydrogens is 323 g/mol. The normalized spacial score (nSPS) is 17.1. The Balaban J connectivity index is 1.51. The van der Waals surface area contributed by atoms with Gasteiger partial charge in [-0.25, -0.2) is 9.37 Å². The third-order valence-corrected chi connectivity index (χ3v) is 4.41. The quantitative estimate of drug-likeness (QED) is 0.814. The van der Waals surface area contributed by atoms with Crippen LogP contribution in [0.4, 0.5) is 10.1 Å². The molecule has 1 aliphatic heterocycles. The largest absolute Gasteiger partial charge is 0.356 e. The molecule has 0 saturated carbocycles. The molecule has 0 spiro atoms. The summed E-state index contributed by atoms with van der Waals surface area (Å²) in [5, 5.41) is 2.87. The predicted molar refractivity (Wildman–Crippen MR) is 91.5 cm³/mol. The van der Waals surface area contributed by atoms with Gasteiger partial charge in [0.15, 0.2) is 0 Å². The Bertz CT molecular complexity index is 760. The van der Waals surface area contributed by atoms with Crippen LogP contribution >= 0.6 is 0 Å². The minimum absolute atomic E-state index is 0.130. The fourth-order valence-corrected chi connectivity index (χ4v) is 2.92. The van der Waals surface area contributed by atoms with Gasteiger partial charge >= 0.3 is 0 Å². The standard InChI is InChI=1S/C18H21FN4O2/c1-13-3-4-15(10-16(13)19)23-11-14(9-17(23)24)18(25)21-5-2-7-22-8-6-20-12-22/h3-4,6,8,10,12,14H,2,5,7,9,11H2,1H3,(H,21,25). The predicted octanol–water partition coefficient (Wildman–Crippen LogP) is 1.89. The van der Waals surface area contributed by atoms with Crippen molar-refractivity contribution in [3.63, 3.8) is 0 Å². The zero-order valence-electron chi connectivity index (χ0n) is 14.1. The van der Waals surface area contributed by atoms with Crippen LogP contribution in [0.3, 0.4) is 0 Å². The molecule has 7 heteroatoms. The Morgan fingerprint density at radius 3 is 3.00 bits per heavy atom. The molecule has 2 amide bonds. The lowest BCUT2D eigenvalue weighted by atomic mass is 10.1. The topological polar surface area (TPSA) is 67.2 Å². The summed E-state index contributed by atoms with van der Waals surface area (Å²) in [6.45, 7) is 3.28. The Kier molecular flexibility index (Phi) is 5.11. The van der Waals surface area contributed by atoms with Gasteiger partial charge in [-0.1, -0.05) is 6.07 Å². The first-order valence-corrected chi connectivity index (χ1v) is 8.34. The molecule has 1 saturated heterocycles. The van der Waals surface area contributed by atoms with Crippen molar-refractivity contribution in [2.75, 3.05) is 18.0 Å². The van der Waals surface area contributed by atoms with Gasteiger partial charge in [0, 0.05) is 44.1 Å². The van der Waals surface area contributed by atoms with Crippen LogP contribution in [-0.4, -0.2) is 34.5 Å². The van der Waals surface area contributed by atoms with Crippen molar-refractivity contribution in [2.24, 2.45) is 5.92 Å². The van der Waals surface area contributed by atoms with Crippen LogP contribution in [-0.2, 0) is 16.1 Å². The number of aryl methyl sites for hydroxylation is 2. The molecule has 132 valence electrons. The summed E-state index contributed by atoms with van der Waals surface area (Å²) in [5.74, 6) is -1.03. The fraction of sp³-hybridized carbons (Fsp3) is 0.389. The maximum absolute atomic E-state index is 13.7. The smallest absolute Gasteiger partial charge is 0.227 e. The Morgan fingerprint density at radius 2 is 2.28 bits per heavy atom. The number of rotatable bonds is 6. The second kappa shape index (κ2) is 7.46. The van der Waals surface area contributed by atoms with Crippen molar-refractivity contribution < 1.29 is 14.0 Å². The molecule has 1 aromatic heterocycles. The number of benzene rings is 1. The number of halogens is 1. The lowest BCUT2D eigenvalue weighted by Gasteiger charge is -2.17. The van der Waals surface area contributed by atoms with Crippen LogP contribution in [0, 0.1) is 18.7 Å². The Morgan fingerprint density at radius 1 is 1.44 bits per heavy atom. The highest BCUT2D eigenvalue weighted by molar-refractivity contribution is 6.00. The molecule has 0 aliphatic carbocycles. The zero-order chi connectivity index (χ0) is 17.8. The van der Waals surface area contributed by atoms with Crippen LogP contribution in [0.5, 0.6) is 0 Å². The van der Waals surface area contributed by atoms with Crippen LogP contribution in [0.2, 0.25) is 0 Å². The van der Waals surface area contributed by atoms with E-state index < -0.39 is 5.92 Å².